The molecule has 0 spiro atoms. The van der Waals surface area contributed by atoms with Crippen LogP contribution in [0.3, 0.4) is 0 Å². The van der Waals surface area contributed by atoms with Crippen molar-refractivity contribution >= 4 is 29.0 Å². The lowest BCUT2D eigenvalue weighted by molar-refractivity contribution is -0.124. The standard InChI is InChI=1S/C19H24N2O4S/c1-3-25-15-8-7-14(11-16(15)24-2)12-17-18(22)21(19(23)26-17)13-20-9-5-4-6-10-20/h7-8,11-12H,3-6,9-10,13H2,1-2H3/b17-12-. The molecule has 0 radical (unpaired) electrons. The molecule has 0 unspecified atom stereocenters. The summed E-state index contributed by atoms with van der Waals surface area (Å²) in [4.78, 5) is 28.9. The molecule has 3 rings (SSSR count). The molecule has 0 atom stereocenters. The fraction of sp³-hybridized carbons (Fsp3) is 0.474. The minimum Gasteiger partial charge on any atom is -0.493 e. The summed E-state index contributed by atoms with van der Waals surface area (Å²) in [5.41, 5.74) is 0.800. The molecule has 2 aliphatic rings. The number of imide groups is 1. The molecule has 1 aromatic carbocycles. The Kier molecular flexibility index (Phi) is 6.21. The topological polar surface area (TPSA) is 59.1 Å². The summed E-state index contributed by atoms with van der Waals surface area (Å²) in [6.07, 6.45) is 5.20. The second-order valence-electron chi connectivity index (χ2n) is 6.27. The molecular weight excluding hydrogens is 352 g/mol. The number of rotatable bonds is 6. The van der Waals surface area contributed by atoms with Gasteiger partial charge in [-0.3, -0.25) is 19.4 Å². The molecule has 2 saturated heterocycles. The maximum Gasteiger partial charge on any atom is 0.294 e. The Morgan fingerprint density at radius 3 is 2.62 bits per heavy atom. The average Bonchev–Trinajstić information content (AvgIpc) is 2.91. The van der Waals surface area contributed by atoms with Crippen molar-refractivity contribution in [3.05, 3.63) is 28.7 Å². The summed E-state index contributed by atoms with van der Waals surface area (Å²) in [6.45, 7) is 4.72. The first kappa shape index (κ1) is 18.8. The van der Waals surface area contributed by atoms with Crippen molar-refractivity contribution < 1.29 is 19.1 Å². The Bertz CT molecular complexity index is 713. The van der Waals surface area contributed by atoms with E-state index in [1.807, 2.05) is 25.1 Å². The Labute approximate surface area is 158 Å². The quantitative estimate of drug-likeness (QED) is 0.708. The van der Waals surface area contributed by atoms with Crippen LogP contribution >= 0.6 is 11.8 Å². The van der Waals surface area contributed by atoms with Gasteiger partial charge in [0.25, 0.3) is 11.1 Å². The van der Waals surface area contributed by atoms with Crippen LogP contribution in [-0.4, -0.2) is 54.4 Å². The fourth-order valence-electron chi connectivity index (χ4n) is 3.12. The number of carbonyl (C=O) groups excluding carboxylic acids is 2. The third-order valence-electron chi connectivity index (χ3n) is 4.45. The lowest BCUT2D eigenvalue weighted by Crippen LogP contribution is -2.42. The van der Waals surface area contributed by atoms with Gasteiger partial charge in [-0.15, -0.1) is 0 Å². The lowest BCUT2D eigenvalue weighted by Gasteiger charge is -2.29. The number of amides is 2. The summed E-state index contributed by atoms with van der Waals surface area (Å²) in [5.74, 6) is 1.04. The summed E-state index contributed by atoms with van der Waals surface area (Å²) in [6, 6.07) is 5.47. The number of thioether (sulfide) groups is 1. The van der Waals surface area contributed by atoms with Crippen LogP contribution < -0.4 is 9.47 Å². The van der Waals surface area contributed by atoms with E-state index in [0.717, 1.165) is 43.3 Å². The van der Waals surface area contributed by atoms with Crippen LogP contribution in [0.2, 0.25) is 0 Å². The van der Waals surface area contributed by atoms with Gasteiger partial charge in [-0.05, 0) is 68.4 Å². The van der Waals surface area contributed by atoms with Crippen molar-refractivity contribution in [2.75, 3.05) is 33.5 Å². The number of hydrogen-bond acceptors (Lipinski definition) is 6. The van der Waals surface area contributed by atoms with Gasteiger partial charge in [0.2, 0.25) is 0 Å². The van der Waals surface area contributed by atoms with Crippen LogP contribution in [0, 0.1) is 0 Å². The Hall–Kier alpha value is -1.99. The van der Waals surface area contributed by atoms with E-state index >= 15 is 0 Å². The maximum absolute atomic E-state index is 12.7. The van der Waals surface area contributed by atoms with E-state index in [-0.39, 0.29) is 11.1 Å². The van der Waals surface area contributed by atoms with E-state index in [2.05, 4.69) is 4.90 Å². The number of hydrogen-bond donors (Lipinski definition) is 0. The first-order chi connectivity index (χ1) is 12.6. The van der Waals surface area contributed by atoms with E-state index in [1.165, 1.54) is 11.3 Å². The second kappa shape index (κ2) is 8.60. The minimum atomic E-state index is -0.224. The van der Waals surface area contributed by atoms with Crippen molar-refractivity contribution in [2.24, 2.45) is 0 Å². The summed E-state index contributed by atoms with van der Waals surface area (Å²) >= 11 is 0.993. The fourth-order valence-corrected chi connectivity index (χ4v) is 3.95. The first-order valence-corrected chi connectivity index (χ1v) is 9.72. The molecule has 2 fully saturated rings. The van der Waals surface area contributed by atoms with Crippen molar-refractivity contribution in [3.63, 3.8) is 0 Å². The second-order valence-corrected chi connectivity index (χ2v) is 7.27. The summed E-state index contributed by atoms with van der Waals surface area (Å²) in [5, 5.41) is -0.204. The number of piperidine rings is 1. The van der Waals surface area contributed by atoms with Gasteiger partial charge < -0.3 is 9.47 Å². The molecule has 2 aliphatic heterocycles. The zero-order valence-electron chi connectivity index (χ0n) is 15.2. The zero-order chi connectivity index (χ0) is 18.5. The molecule has 1 aromatic rings. The molecule has 7 heteroatoms. The van der Waals surface area contributed by atoms with Crippen molar-refractivity contribution in [2.45, 2.75) is 26.2 Å². The molecule has 26 heavy (non-hydrogen) atoms. The van der Waals surface area contributed by atoms with E-state index in [0.29, 0.717) is 29.7 Å². The SMILES string of the molecule is CCOc1ccc(/C=C2\SC(=O)N(CN3CCCCC3)C2=O)cc1OC. The number of benzene rings is 1. The largest absolute Gasteiger partial charge is 0.493 e. The number of ether oxygens (including phenoxy) is 2. The van der Waals surface area contributed by atoms with Crippen LogP contribution in [0.4, 0.5) is 4.79 Å². The third kappa shape index (κ3) is 4.22. The Balaban J connectivity index is 1.74. The number of carbonyl (C=O) groups is 2. The Morgan fingerprint density at radius 2 is 1.92 bits per heavy atom. The van der Waals surface area contributed by atoms with Gasteiger partial charge in [0.05, 0.1) is 25.3 Å². The van der Waals surface area contributed by atoms with Crippen LogP contribution in [0.25, 0.3) is 6.08 Å². The normalized spacial score (nSPS) is 20.1. The van der Waals surface area contributed by atoms with Gasteiger partial charge in [0.1, 0.15) is 0 Å². The van der Waals surface area contributed by atoms with Crippen molar-refractivity contribution in [1.29, 1.82) is 0 Å². The molecule has 0 saturated carbocycles. The summed E-state index contributed by atoms with van der Waals surface area (Å²) < 4.78 is 10.8. The smallest absolute Gasteiger partial charge is 0.294 e. The van der Waals surface area contributed by atoms with E-state index in [1.54, 1.807) is 13.2 Å². The molecule has 0 N–H and O–H groups in total. The predicted octanol–water partition coefficient (Wildman–Crippen LogP) is 3.57. The molecule has 140 valence electrons. The van der Waals surface area contributed by atoms with Crippen LogP contribution in [-0.2, 0) is 4.79 Å². The highest BCUT2D eigenvalue weighted by molar-refractivity contribution is 8.18. The number of likely N-dealkylation sites (tertiary alicyclic amines) is 1. The maximum atomic E-state index is 12.7. The van der Waals surface area contributed by atoms with Gasteiger partial charge in [-0.1, -0.05) is 12.5 Å². The highest BCUT2D eigenvalue weighted by Crippen LogP contribution is 2.34. The molecule has 2 heterocycles. The van der Waals surface area contributed by atoms with E-state index in [9.17, 15) is 9.59 Å². The molecule has 0 aliphatic carbocycles. The lowest BCUT2D eigenvalue weighted by atomic mass is 10.1. The van der Waals surface area contributed by atoms with E-state index in [4.69, 9.17) is 9.47 Å². The van der Waals surface area contributed by atoms with Crippen molar-refractivity contribution in [1.82, 2.24) is 9.80 Å². The average molecular weight is 376 g/mol. The van der Waals surface area contributed by atoms with Crippen molar-refractivity contribution in [3.8, 4) is 11.5 Å². The monoisotopic (exact) mass is 376 g/mol. The van der Waals surface area contributed by atoms with Gasteiger partial charge >= 0.3 is 0 Å². The third-order valence-corrected chi connectivity index (χ3v) is 5.36. The van der Waals surface area contributed by atoms with Crippen LogP contribution in [0.1, 0.15) is 31.7 Å². The predicted molar refractivity (Wildman–Crippen MR) is 102 cm³/mol. The highest BCUT2D eigenvalue weighted by atomic mass is 32.2. The molecule has 0 bridgehead atoms. The molecule has 0 aromatic heterocycles. The number of nitrogens with zero attached hydrogens (tertiary/aromatic N) is 2. The highest BCUT2D eigenvalue weighted by Gasteiger charge is 2.36. The minimum absolute atomic E-state index is 0.204. The summed E-state index contributed by atoms with van der Waals surface area (Å²) in [7, 11) is 1.58. The van der Waals surface area contributed by atoms with Gasteiger partial charge in [-0.25, -0.2) is 0 Å². The van der Waals surface area contributed by atoms with Crippen LogP contribution in [0.15, 0.2) is 23.1 Å². The zero-order valence-corrected chi connectivity index (χ0v) is 16.0. The van der Waals surface area contributed by atoms with Gasteiger partial charge in [-0.2, -0.15) is 0 Å². The van der Waals surface area contributed by atoms with Crippen LogP contribution in [0.5, 0.6) is 11.5 Å². The molecular formula is C19H24N2O4S. The van der Waals surface area contributed by atoms with Gasteiger partial charge in [0, 0.05) is 0 Å². The van der Waals surface area contributed by atoms with Gasteiger partial charge in [0.15, 0.2) is 11.5 Å². The molecule has 2 amide bonds. The molecule has 6 nitrogen and oxygen atoms in total. The first-order valence-electron chi connectivity index (χ1n) is 8.91. The van der Waals surface area contributed by atoms with E-state index < -0.39 is 0 Å². The Morgan fingerprint density at radius 1 is 1.15 bits per heavy atom. The number of methoxy groups -OCH3 is 1.